The molecule has 28 heavy (non-hydrogen) atoms. The summed E-state index contributed by atoms with van der Waals surface area (Å²) in [5.41, 5.74) is 0.972. The van der Waals surface area contributed by atoms with Gasteiger partial charge in [0.15, 0.2) is 0 Å². The Hall–Kier alpha value is -2.35. The molecular weight excluding hydrogens is 378 g/mol. The Morgan fingerprint density at radius 3 is 2.64 bits per heavy atom. The Morgan fingerprint density at radius 1 is 1.32 bits per heavy atom. The molecule has 0 saturated carbocycles. The van der Waals surface area contributed by atoms with Crippen molar-refractivity contribution in [2.75, 3.05) is 12.0 Å². The summed E-state index contributed by atoms with van der Waals surface area (Å²) in [6.07, 6.45) is 4.56. The van der Waals surface area contributed by atoms with Gasteiger partial charge in [-0.1, -0.05) is 30.3 Å². The lowest BCUT2D eigenvalue weighted by molar-refractivity contribution is -0.137. The number of hydrogen-bond acceptors (Lipinski definition) is 5. The summed E-state index contributed by atoms with van der Waals surface area (Å²) >= 11 is 1.58. The first-order chi connectivity index (χ1) is 13.5. The lowest BCUT2D eigenvalue weighted by atomic mass is 10.1. The van der Waals surface area contributed by atoms with Gasteiger partial charge in [0.25, 0.3) is 0 Å². The Kier molecular flexibility index (Phi) is 8.50. The van der Waals surface area contributed by atoms with Crippen LogP contribution in [0.25, 0.3) is 0 Å². The third-order valence-corrected chi connectivity index (χ3v) is 5.56. The van der Waals surface area contributed by atoms with E-state index in [0.717, 1.165) is 11.8 Å². The number of amides is 3. The molecule has 3 amide bonds. The van der Waals surface area contributed by atoms with Gasteiger partial charge in [0.1, 0.15) is 18.4 Å². The van der Waals surface area contributed by atoms with Crippen LogP contribution in [0.3, 0.4) is 0 Å². The number of carbonyl (C=O) groups excluding carboxylic acids is 4. The third-order valence-electron chi connectivity index (χ3n) is 4.92. The molecule has 0 bridgehead atoms. The highest BCUT2D eigenvalue weighted by molar-refractivity contribution is 7.98. The fourth-order valence-corrected chi connectivity index (χ4v) is 3.98. The van der Waals surface area contributed by atoms with Crippen LogP contribution in [0.1, 0.15) is 25.3 Å². The van der Waals surface area contributed by atoms with Gasteiger partial charge in [-0.3, -0.25) is 14.4 Å². The Morgan fingerprint density at radius 2 is 2.04 bits per heavy atom. The van der Waals surface area contributed by atoms with Crippen molar-refractivity contribution >= 4 is 36.3 Å². The van der Waals surface area contributed by atoms with Gasteiger partial charge < -0.3 is 20.3 Å². The highest BCUT2D eigenvalue weighted by Gasteiger charge is 2.42. The normalized spacial score (nSPS) is 21.1. The number of thioether (sulfide) groups is 1. The molecule has 1 aromatic rings. The second kappa shape index (κ2) is 10.8. The number of carbonyl (C=O) groups is 4. The maximum absolute atomic E-state index is 12.9. The molecule has 2 rings (SSSR count). The van der Waals surface area contributed by atoms with E-state index in [0.29, 0.717) is 31.4 Å². The molecule has 0 aromatic heterocycles. The summed E-state index contributed by atoms with van der Waals surface area (Å²) in [4.78, 5) is 49.4. The van der Waals surface area contributed by atoms with Crippen molar-refractivity contribution in [2.24, 2.45) is 0 Å². The standard InChI is InChI=1S/C20H27N3O4S/c1-14-10-18(22-19(26)17(21-13-25)8-9-28-2)20(27)23(14)16(12-24)11-15-6-4-3-5-7-15/h3-7,12-14,16-18H,8-11H2,1-2H3,(H,21,25)(H,22,26)/t14?,16-,17-,18-/m0/s1. The number of nitrogens with zero attached hydrogens (tertiary/aromatic N) is 1. The van der Waals surface area contributed by atoms with Crippen molar-refractivity contribution in [1.29, 1.82) is 0 Å². The molecule has 1 aliphatic heterocycles. The minimum Gasteiger partial charge on any atom is -0.347 e. The van der Waals surface area contributed by atoms with Gasteiger partial charge in [0, 0.05) is 6.04 Å². The van der Waals surface area contributed by atoms with E-state index in [1.165, 1.54) is 0 Å². The number of likely N-dealkylation sites (tertiary alicyclic amines) is 1. The summed E-state index contributed by atoms with van der Waals surface area (Å²) in [7, 11) is 0. The quantitative estimate of drug-likeness (QED) is 0.530. The topological polar surface area (TPSA) is 95.6 Å². The van der Waals surface area contributed by atoms with Gasteiger partial charge in [-0.15, -0.1) is 0 Å². The van der Waals surface area contributed by atoms with Gasteiger partial charge in [-0.05, 0) is 43.8 Å². The molecule has 7 nitrogen and oxygen atoms in total. The summed E-state index contributed by atoms with van der Waals surface area (Å²) in [6, 6.07) is 7.42. The van der Waals surface area contributed by atoms with Gasteiger partial charge in [-0.25, -0.2) is 0 Å². The second-order valence-electron chi connectivity index (χ2n) is 6.90. The maximum atomic E-state index is 12.9. The largest absolute Gasteiger partial charge is 0.347 e. The molecule has 1 saturated heterocycles. The number of rotatable bonds is 11. The Bertz CT molecular complexity index is 685. The van der Waals surface area contributed by atoms with E-state index in [1.807, 2.05) is 43.5 Å². The Balaban J connectivity index is 2.04. The lowest BCUT2D eigenvalue weighted by Gasteiger charge is -2.28. The predicted molar refractivity (Wildman–Crippen MR) is 109 cm³/mol. The minimum absolute atomic E-state index is 0.166. The summed E-state index contributed by atoms with van der Waals surface area (Å²) in [5, 5.41) is 5.26. The summed E-state index contributed by atoms with van der Waals surface area (Å²) in [6.45, 7) is 1.88. The highest BCUT2D eigenvalue weighted by atomic mass is 32.2. The molecule has 0 spiro atoms. The smallest absolute Gasteiger partial charge is 0.246 e. The molecular formula is C20H27N3O4S. The first kappa shape index (κ1) is 21.9. The van der Waals surface area contributed by atoms with Crippen LogP contribution in [0.5, 0.6) is 0 Å². The molecule has 4 atom stereocenters. The first-order valence-corrected chi connectivity index (χ1v) is 10.7. The lowest BCUT2D eigenvalue weighted by Crippen LogP contribution is -2.51. The zero-order valence-electron chi connectivity index (χ0n) is 16.2. The molecule has 152 valence electrons. The molecule has 2 N–H and O–H groups in total. The van der Waals surface area contributed by atoms with Crippen LogP contribution < -0.4 is 10.6 Å². The van der Waals surface area contributed by atoms with E-state index >= 15 is 0 Å². The van der Waals surface area contributed by atoms with E-state index in [2.05, 4.69) is 10.6 Å². The van der Waals surface area contributed by atoms with E-state index in [4.69, 9.17) is 0 Å². The fraction of sp³-hybridized carbons (Fsp3) is 0.500. The van der Waals surface area contributed by atoms with Crippen LogP contribution in [-0.2, 0) is 25.6 Å². The van der Waals surface area contributed by atoms with E-state index in [9.17, 15) is 19.2 Å². The van der Waals surface area contributed by atoms with E-state index in [1.54, 1.807) is 16.7 Å². The molecule has 1 unspecified atom stereocenters. The summed E-state index contributed by atoms with van der Waals surface area (Å²) in [5.74, 6) is 0.0764. The molecule has 1 aliphatic rings. The van der Waals surface area contributed by atoms with Crippen LogP contribution in [0, 0.1) is 0 Å². The van der Waals surface area contributed by atoms with E-state index in [-0.39, 0.29) is 17.9 Å². The van der Waals surface area contributed by atoms with Crippen LogP contribution >= 0.6 is 11.8 Å². The van der Waals surface area contributed by atoms with Crippen molar-refractivity contribution in [2.45, 2.75) is 50.4 Å². The fourth-order valence-electron chi connectivity index (χ4n) is 3.51. The first-order valence-electron chi connectivity index (χ1n) is 9.32. The second-order valence-corrected chi connectivity index (χ2v) is 7.89. The molecule has 1 heterocycles. The monoisotopic (exact) mass is 405 g/mol. The third kappa shape index (κ3) is 5.58. The van der Waals surface area contributed by atoms with Crippen LogP contribution in [0.4, 0.5) is 0 Å². The van der Waals surface area contributed by atoms with E-state index < -0.39 is 18.1 Å². The molecule has 1 fully saturated rings. The van der Waals surface area contributed by atoms with Crippen molar-refractivity contribution in [3.63, 3.8) is 0 Å². The molecule has 8 heteroatoms. The average Bonchev–Trinajstić information content (AvgIpc) is 2.97. The van der Waals surface area contributed by atoms with Crippen molar-refractivity contribution in [3.05, 3.63) is 35.9 Å². The van der Waals surface area contributed by atoms with Gasteiger partial charge in [0.2, 0.25) is 18.2 Å². The average molecular weight is 406 g/mol. The van der Waals surface area contributed by atoms with Gasteiger partial charge in [-0.2, -0.15) is 11.8 Å². The number of benzene rings is 1. The molecule has 1 aromatic carbocycles. The number of hydrogen-bond donors (Lipinski definition) is 2. The SMILES string of the molecule is CSCC[C@H](NC=O)C(=O)N[C@H]1CC(C)N([C@H](C=O)Cc2ccccc2)C1=O. The highest BCUT2D eigenvalue weighted by Crippen LogP contribution is 2.23. The van der Waals surface area contributed by atoms with Crippen molar-refractivity contribution in [1.82, 2.24) is 15.5 Å². The van der Waals surface area contributed by atoms with Crippen LogP contribution in [0.2, 0.25) is 0 Å². The van der Waals surface area contributed by atoms with Crippen molar-refractivity contribution < 1.29 is 19.2 Å². The number of aldehydes is 1. The van der Waals surface area contributed by atoms with Gasteiger partial charge in [0.05, 0.1) is 6.04 Å². The zero-order valence-corrected chi connectivity index (χ0v) is 17.0. The Labute approximate surface area is 169 Å². The molecule has 0 aliphatic carbocycles. The number of nitrogens with one attached hydrogen (secondary N) is 2. The maximum Gasteiger partial charge on any atom is 0.246 e. The van der Waals surface area contributed by atoms with Crippen LogP contribution in [-0.4, -0.2) is 65.6 Å². The molecule has 0 radical (unpaired) electrons. The van der Waals surface area contributed by atoms with Gasteiger partial charge >= 0.3 is 0 Å². The van der Waals surface area contributed by atoms with Crippen LogP contribution in [0.15, 0.2) is 30.3 Å². The summed E-state index contributed by atoms with van der Waals surface area (Å²) < 4.78 is 0. The zero-order chi connectivity index (χ0) is 20.5. The predicted octanol–water partition coefficient (Wildman–Crippen LogP) is 0.770. The minimum atomic E-state index is -0.689. The van der Waals surface area contributed by atoms with Crippen molar-refractivity contribution in [3.8, 4) is 0 Å².